The van der Waals surface area contributed by atoms with Crippen molar-refractivity contribution in [1.29, 1.82) is 0 Å². The summed E-state index contributed by atoms with van der Waals surface area (Å²) in [5.74, 6) is 0. The molecule has 4 nitrogen and oxygen atoms in total. The van der Waals surface area contributed by atoms with E-state index in [9.17, 15) is 5.11 Å². The van der Waals surface area contributed by atoms with Gasteiger partial charge >= 0.3 is 0 Å². The molecule has 0 aromatic rings. The Morgan fingerprint density at radius 3 is 1.68 bits per heavy atom. The molecule has 3 unspecified atom stereocenters. The molecule has 22 heavy (non-hydrogen) atoms. The number of aliphatic hydroxyl groups is 2. The average Bonchev–Trinajstić information content (AvgIpc) is 2.50. The second kappa shape index (κ2) is 15.5. The van der Waals surface area contributed by atoms with E-state index in [1.807, 2.05) is 6.08 Å². The minimum absolute atomic E-state index is 0.812. The normalized spacial score (nSPS) is 16.0. The summed E-state index contributed by atoms with van der Waals surface area (Å²) in [4.78, 5) is 0. The van der Waals surface area contributed by atoms with Crippen LogP contribution in [0.3, 0.4) is 0 Å². The van der Waals surface area contributed by atoms with Gasteiger partial charge in [-0.25, -0.2) is 0 Å². The minimum Gasteiger partial charge on any atom is -0.387 e. The molecule has 0 heterocycles. The summed E-state index contributed by atoms with van der Waals surface area (Å²) in [6.07, 6.45) is 17.1. The maximum absolute atomic E-state index is 9.61. The van der Waals surface area contributed by atoms with Crippen molar-refractivity contribution in [1.82, 2.24) is 0 Å². The lowest BCUT2D eigenvalue weighted by atomic mass is 10.0. The average molecular weight is 315 g/mol. The fourth-order valence-corrected chi connectivity index (χ4v) is 2.49. The van der Waals surface area contributed by atoms with Gasteiger partial charge in [-0.15, -0.1) is 0 Å². The third kappa shape index (κ3) is 13.3. The third-order valence-electron chi connectivity index (χ3n) is 4.10. The molecule has 0 aliphatic rings. The van der Waals surface area contributed by atoms with E-state index >= 15 is 0 Å². The molecule has 0 fully saturated rings. The van der Waals surface area contributed by atoms with Crippen LogP contribution >= 0.6 is 0 Å². The predicted octanol–water partition coefficient (Wildman–Crippen LogP) is 3.21. The van der Waals surface area contributed by atoms with Gasteiger partial charge in [-0.1, -0.05) is 83.3 Å². The Bertz CT molecular complexity index is 257. The molecule has 132 valence electrons. The van der Waals surface area contributed by atoms with Crippen LogP contribution in [0.25, 0.3) is 0 Å². The van der Waals surface area contributed by atoms with Crippen LogP contribution < -0.4 is 11.5 Å². The molecule has 0 radical (unpaired) electrons. The van der Waals surface area contributed by atoms with Crippen molar-refractivity contribution in [3.8, 4) is 0 Å². The number of hydrogen-bond acceptors (Lipinski definition) is 4. The van der Waals surface area contributed by atoms with E-state index in [-0.39, 0.29) is 0 Å². The molecule has 0 rings (SSSR count). The van der Waals surface area contributed by atoms with E-state index in [0.717, 1.165) is 12.8 Å². The van der Waals surface area contributed by atoms with Gasteiger partial charge in [0.2, 0.25) is 0 Å². The highest BCUT2D eigenvalue weighted by Crippen LogP contribution is 2.12. The highest BCUT2D eigenvalue weighted by Gasteiger charge is 2.16. The molecule has 4 heteroatoms. The van der Waals surface area contributed by atoms with Crippen LogP contribution in [0.1, 0.15) is 84.0 Å². The van der Waals surface area contributed by atoms with Gasteiger partial charge in [-0.3, -0.25) is 0 Å². The SMILES string of the molecule is CCCCCCCCCCCCCC=CC(O)C(N)C(N)O. The Hall–Kier alpha value is -0.420. The Morgan fingerprint density at radius 2 is 1.23 bits per heavy atom. The Morgan fingerprint density at radius 1 is 0.773 bits per heavy atom. The molecule has 3 atom stereocenters. The molecular formula is C18H38N2O2. The highest BCUT2D eigenvalue weighted by atomic mass is 16.3. The first-order valence-electron chi connectivity index (χ1n) is 9.13. The molecule has 0 aromatic carbocycles. The van der Waals surface area contributed by atoms with Gasteiger partial charge in [-0.2, -0.15) is 0 Å². The van der Waals surface area contributed by atoms with Gasteiger partial charge in [-0.05, 0) is 12.8 Å². The van der Waals surface area contributed by atoms with Gasteiger partial charge in [0.1, 0.15) is 6.23 Å². The van der Waals surface area contributed by atoms with Gasteiger partial charge in [0.05, 0.1) is 12.1 Å². The van der Waals surface area contributed by atoms with Gasteiger partial charge in [0.15, 0.2) is 0 Å². The molecule has 0 aliphatic heterocycles. The van der Waals surface area contributed by atoms with E-state index in [4.69, 9.17) is 16.6 Å². The molecule has 0 amide bonds. The molecule has 0 aliphatic carbocycles. The number of rotatable bonds is 15. The number of aliphatic hydroxyl groups excluding tert-OH is 2. The zero-order valence-electron chi connectivity index (χ0n) is 14.4. The lowest BCUT2D eigenvalue weighted by Gasteiger charge is -2.17. The summed E-state index contributed by atoms with van der Waals surface area (Å²) in [5, 5.41) is 18.7. The molecule has 0 bridgehead atoms. The fraction of sp³-hybridized carbons (Fsp3) is 0.889. The topological polar surface area (TPSA) is 92.5 Å². The van der Waals surface area contributed by atoms with Crippen molar-refractivity contribution in [3.63, 3.8) is 0 Å². The third-order valence-corrected chi connectivity index (χ3v) is 4.10. The zero-order chi connectivity index (χ0) is 16.6. The van der Waals surface area contributed by atoms with E-state index in [1.165, 1.54) is 64.2 Å². The first kappa shape index (κ1) is 21.6. The second-order valence-corrected chi connectivity index (χ2v) is 6.31. The van der Waals surface area contributed by atoms with Crippen molar-refractivity contribution < 1.29 is 10.2 Å². The van der Waals surface area contributed by atoms with Crippen molar-refractivity contribution in [2.45, 2.75) is 102 Å². The van der Waals surface area contributed by atoms with Crippen LogP contribution in [-0.4, -0.2) is 28.6 Å². The lowest BCUT2D eigenvalue weighted by Crippen LogP contribution is -2.48. The summed E-state index contributed by atoms with van der Waals surface area (Å²) in [6.45, 7) is 2.26. The summed E-state index contributed by atoms with van der Waals surface area (Å²) < 4.78 is 0. The highest BCUT2D eigenvalue weighted by molar-refractivity contribution is 4.95. The number of unbranched alkanes of at least 4 members (excludes halogenated alkanes) is 11. The van der Waals surface area contributed by atoms with Crippen LogP contribution in [0.4, 0.5) is 0 Å². The van der Waals surface area contributed by atoms with E-state index in [1.54, 1.807) is 6.08 Å². The number of nitrogens with two attached hydrogens (primary N) is 2. The zero-order valence-corrected chi connectivity index (χ0v) is 14.4. The Labute approximate surface area is 137 Å². The Kier molecular flexibility index (Phi) is 15.2. The van der Waals surface area contributed by atoms with E-state index in [0.29, 0.717) is 0 Å². The van der Waals surface area contributed by atoms with Gasteiger partial charge in [0.25, 0.3) is 0 Å². The lowest BCUT2D eigenvalue weighted by molar-refractivity contribution is 0.0828. The summed E-state index contributed by atoms with van der Waals surface area (Å²) >= 11 is 0. The Balaban J connectivity index is 3.29. The van der Waals surface area contributed by atoms with Crippen LogP contribution in [0.5, 0.6) is 0 Å². The molecule has 0 saturated carbocycles. The maximum atomic E-state index is 9.61. The minimum atomic E-state index is -1.18. The molecule has 0 aromatic heterocycles. The molecule has 0 saturated heterocycles. The second-order valence-electron chi connectivity index (χ2n) is 6.31. The summed E-state index contributed by atoms with van der Waals surface area (Å²) in [5.41, 5.74) is 10.7. The first-order chi connectivity index (χ1) is 10.6. The van der Waals surface area contributed by atoms with E-state index in [2.05, 4.69) is 6.92 Å². The molecular weight excluding hydrogens is 276 g/mol. The van der Waals surface area contributed by atoms with E-state index < -0.39 is 18.4 Å². The van der Waals surface area contributed by atoms with Crippen LogP contribution in [-0.2, 0) is 0 Å². The summed E-state index contributed by atoms with van der Waals surface area (Å²) in [6, 6.07) is -0.812. The number of hydrogen-bond donors (Lipinski definition) is 4. The standard InChI is InChI=1S/C18H38N2O2/c1-2-3-4-5-6-7-8-9-10-11-12-13-14-15-16(21)17(19)18(20)22/h14-18,21-22H,2-13,19-20H2,1H3. The van der Waals surface area contributed by atoms with Crippen molar-refractivity contribution in [3.05, 3.63) is 12.2 Å². The van der Waals surface area contributed by atoms with Crippen LogP contribution in [0.15, 0.2) is 12.2 Å². The smallest absolute Gasteiger partial charge is 0.120 e. The number of allylic oxidation sites excluding steroid dienone is 1. The fourth-order valence-electron chi connectivity index (χ4n) is 2.49. The molecule has 6 N–H and O–H groups in total. The van der Waals surface area contributed by atoms with Crippen molar-refractivity contribution >= 4 is 0 Å². The van der Waals surface area contributed by atoms with Crippen LogP contribution in [0, 0.1) is 0 Å². The quantitative estimate of drug-likeness (QED) is 0.212. The van der Waals surface area contributed by atoms with Crippen molar-refractivity contribution in [2.24, 2.45) is 11.5 Å². The summed E-state index contributed by atoms with van der Waals surface area (Å²) in [7, 11) is 0. The first-order valence-corrected chi connectivity index (χ1v) is 9.13. The monoisotopic (exact) mass is 314 g/mol. The van der Waals surface area contributed by atoms with Crippen molar-refractivity contribution in [2.75, 3.05) is 0 Å². The van der Waals surface area contributed by atoms with Crippen LogP contribution in [0.2, 0.25) is 0 Å². The van der Waals surface area contributed by atoms with Gasteiger partial charge < -0.3 is 21.7 Å². The maximum Gasteiger partial charge on any atom is 0.120 e. The molecule has 0 spiro atoms. The van der Waals surface area contributed by atoms with Gasteiger partial charge in [0, 0.05) is 0 Å². The largest absolute Gasteiger partial charge is 0.387 e. The predicted molar refractivity (Wildman–Crippen MR) is 94.4 cm³/mol.